The average Bonchev–Trinajstić information content (AvgIpc) is 2.49. The van der Waals surface area contributed by atoms with Crippen LogP contribution in [0.15, 0.2) is 42.5 Å². The Bertz CT molecular complexity index is 847. The molecular formula is C21H24O2. The summed E-state index contributed by atoms with van der Waals surface area (Å²) in [5.74, 6) is 1.90. The largest absolute Gasteiger partial charge is 0.490 e. The van der Waals surface area contributed by atoms with Gasteiger partial charge in [0, 0.05) is 21.5 Å². The molecule has 2 heteroatoms. The van der Waals surface area contributed by atoms with Crippen molar-refractivity contribution in [2.75, 3.05) is 0 Å². The first kappa shape index (κ1) is 15.7. The van der Waals surface area contributed by atoms with E-state index in [-0.39, 0.29) is 12.2 Å². The van der Waals surface area contributed by atoms with Crippen LogP contribution in [0.3, 0.4) is 0 Å². The van der Waals surface area contributed by atoms with E-state index in [0.29, 0.717) is 0 Å². The van der Waals surface area contributed by atoms with Crippen molar-refractivity contribution in [2.45, 2.75) is 46.8 Å². The second-order valence-electron chi connectivity index (χ2n) is 6.59. The standard InChI is InChI=1S/C21H24O2/c1-13(2)22-20-16-8-6-7-9-17(16)21(23-14(3)4)19-12-15(5)10-11-18(19)20/h6-14H,1-5H3. The van der Waals surface area contributed by atoms with Crippen molar-refractivity contribution < 1.29 is 9.47 Å². The van der Waals surface area contributed by atoms with Crippen LogP contribution in [-0.2, 0) is 0 Å². The van der Waals surface area contributed by atoms with Crippen LogP contribution in [-0.4, -0.2) is 12.2 Å². The predicted octanol–water partition coefficient (Wildman–Crippen LogP) is 5.88. The van der Waals surface area contributed by atoms with Crippen molar-refractivity contribution in [1.82, 2.24) is 0 Å². The number of hydrogen-bond acceptors (Lipinski definition) is 2. The molecular weight excluding hydrogens is 284 g/mol. The lowest BCUT2D eigenvalue weighted by Gasteiger charge is -2.20. The van der Waals surface area contributed by atoms with E-state index in [4.69, 9.17) is 9.47 Å². The average molecular weight is 308 g/mol. The third-order valence-corrected chi connectivity index (χ3v) is 3.79. The van der Waals surface area contributed by atoms with Crippen molar-refractivity contribution in [1.29, 1.82) is 0 Å². The Kier molecular flexibility index (Phi) is 4.16. The molecule has 0 aliphatic rings. The quantitative estimate of drug-likeness (QED) is 0.561. The fourth-order valence-corrected chi connectivity index (χ4v) is 2.94. The highest BCUT2D eigenvalue weighted by molar-refractivity contribution is 6.11. The smallest absolute Gasteiger partial charge is 0.135 e. The number of ether oxygens (including phenoxy) is 2. The molecule has 0 saturated carbocycles. The van der Waals surface area contributed by atoms with Gasteiger partial charge in [0.2, 0.25) is 0 Å². The fraction of sp³-hybridized carbons (Fsp3) is 0.333. The molecule has 0 amide bonds. The van der Waals surface area contributed by atoms with E-state index < -0.39 is 0 Å². The summed E-state index contributed by atoms with van der Waals surface area (Å²) in [6, 6.07) is 14.8. The minimum absolute atomic E-state index is 0.124. The van der Waals surface area contributed by atoms with Crippen LogP contribution in [0, 0.1) is 6.92 Å². The third kappa shape index (κ3) is 2.98. The normalized spacial score (nSPS) is 11.6. The van der Waals surface area contributed by atoms with E-state index in [2.05, 4.69) is 77.1 Å². The lowest BCUT2D eigenvalue weighted by atomic mass is 9.99. The molecule has 0 N–H and O–H groups in total. The zero-order valence-corrected chi connectivity index (χ0v) is 14.5. The van der Waals surface area contributed by atoms with E-state index in [1.54, 1.807) is 0 Å². The Morgan fingerprint density at radius 2 is 1.13 bits per heavy atom. The van der Waals surface area contributed by atoms with Gasteiger partial charge in [-0.25, -0.2) is 0 Å². The molecule has 3 aromatic rings. The minimum Gasteiger partial charge on any atom is -0.490 e. The monoisotopic (exact) mass is 308 g/mol. The maximum Gasteiger partial charge on any atom is 0.135 e. The van der Waals surface area contributed by atoms with Crippen LogP contribution < -0.4 is 9.47 Å². The van der Waals surface area contributed by atoms with E-state index in [1.165, 1.54) is 5.56 Å². The number of rotatable bonds is 4. The maximum atomic E-state index is 6.20. The summed E-state index contributed by atoms with van der Waals surface area (Å²) in [6.45, 7) is 10.4. The Labute approximate surface area is 138 Å². The highest BCUT2D eigenvalue weighted by Gasteiger charge is 2.17. The minimum atomic E-state index is 0.124. The molecule has 0 aliphatic carbocycles. The van der Waals surface area contributed by atoms with Crippen LogP contribution in [0.5, 0.6) is 11.5 Å². The van der Waals surface area contributed by atoms with Gasteiger partial charge in [0.15, 0.2) is 0 Å². The topological polar surface area (TPSA) is 18.5 Å². The lowest BCUT2D eigenvalue weighted by Crippen LogP contribution is -2.09. The van der Waals surface area contributed by atoms with Crippen molar-refractivity contribution in [2.24, 2.45) is 0 Å². The molecule has 0 bridgehead atoms. The van der Waals surface area contributed by atoms with Crippen molar-refractivity contribution in [3.8, 4) is 11.5 Å². The molecule has 0 spiro atoms. The molecule has 23 heavy (non-hydrogen) atoms. The Balaban J connectivity index is 2.45. The maximum absolute atomic E-state index is 6.20. The molecule has 0 aromatic heterocycles. The third-order valence-electron chi connectivity index (χ3n) is 3.79. The molecule has 0 saturated heterocycles. The Hall–Kier alpha value is -2.22. The first-order valence-electron chi connectivity index (χ1n) is 8.25. The van der Waals surface area contributed by atoms with Crippen molar-refractivity contribution in [3.05, 3.63) is 48.0 Å². The summed E-state index contributed by atoms with van der Waals surface area (Å²) in [5.41, 5.74) is 1.22. The molecule has 0 heterocycles. The summed E-state index contributed by atoms with van der Waals surface area (Å²) >= 11 is 0. The van der Waals surface area contributed by atoms with Crippen LogP contribution in [0.2, 0.25) is 0 Å². The zero-order chi connectivity index (χ0) is 16.6. The van der Waals surface area contributed by atoms with Gasteiger partial charge in [-0.3, -0.25) is 0 Å². The number of benzene rings is 3. The van der Waals surface area contributed by atoms with Crippen LogP contribution >= 0.6 is 0 Å². The van der Waals surface area contributed by atoms with Crippen molar-refractivity contribution in [3.63, 3.8) is 0 Å². The molecule has 2 nitrogen and oxygen atoms in total. The zero-order valence-electron chi connectivity index (χ0n) is 14.5. The van der Waals surface area contributed by atoms with E-state index >= 15 is 0 Å². The van der Waals surface area contributed by atoms with Gasteiger partial charge >= 0.3 is 0 Å². The summed E-state index contributed by atoms with van der Waals surface area (Å²) in [6.07, 6.45) is 0.249. The van der Waals surface area contributed by atoms with Crippen LogP contribution in [0.25, 0.3) is 21.5 Å². The van der Waals surface area contributed by atoms with E-state index in [1.807, 2.05) is 0 Å². The fourth-order valence-electron chi connectivity index (χ4n) is 2.94. The van der Waals surface area contributed by atoms with Crippen LogP contribution in [0.1, 0.15) is 33.3 Å². The molecule has 0 fully saturated rings. The molecule has 0 unspecified atom stereocenters. The van der Waals surface area contributed by atoms with E-state index in [9.17, 15) is 0 Å². The highest BCUT2D eigenvalue weighted by Crippen LogP contribution is 2.43. The summed E-state index contributed by atoms with van der Waals surface area (Å²) in [7, 11) is 0. The Morgan fingerprint density at radius 3 is 1.65 bits per heavy atom. The first-order valence-corrected chi connectivity index (χ1v) is 8.25. The van der Waals surface area contributed by atoms with Gasteiger partial charge in [0.25, 0.3) is 0 Å². The van der Waals surface area contributed by atoms with Gasteiger partial charge in [0.05, 0.1) is 12.2 Å². The molecule has 120 valence electrons. The second-order valence-corrected chi connectivity index (χ2v) is 6.59. The highest BCUT2D eigenvalue weighted by atomic mass is 16.5. The summed E-state index contributed by atoms with van der Waals surface area (Å²) in [4.78, 5) is 0. The molecule has 3 aromatic carbocycles. The Morgan fingerprint density at radius 1 is 0.652 bits per heavy atom. The molecule has 0 radical (unpaired) electrons. The predicted molar refractivity (Wildman–Crippen MR) is 97.7 cm³/mol. The van der Waals surface area contributed by atoms with Crippen LogP contribution in [0.4, 0.5) is 0 Å². The van der Waals surface area contributed by atoms with Crippen molar-refractivity contribution >= 4 is 21.5 Å². The molecule has 0 aliphatic heterocycles. The number of hydrogen-bond donors (Lipinski definition) is 0. The first-order chi connectivity index (χ1) is 11.0. The second kappa shape index (κ2) is 6.11. The van der Waals surface area contributed by atoms with E-state index in [0.717, 1.165) is 33.0 Å². The number of fused-ring (bicyclic) bond motifs is 2. The van der Waals surface area contributed by atoms with Gasteiger partial charge in [-0.1, -0.05) is 42.0 Å². The lowest BCUT2D eigenvalue weighted by molar-refractivity contribution is 0.244. The van der Waals surface area contributed by atoms with Gasteiger partial charge in [-0.05, 0) is 40.7 Å². The van der Waals surface area contributed by atoms with Gasteiger partial charge in [-0.15, -0.1) is 0 Å². The van der Waals surface area contributed by atoms with Gasteiger partial charge in [0.1, 0.15) is 11.5 Å². The summed E-state index contributed by atoms with van der Waals surface area (Å²) in [5, 5.41) is 4.44. The molecule has 0 atom stereocenters. The SMILES string of the molecule is Cc1ccc2c(OC(C)C)c3ccccc3c(OC(C)C)c2c1. The van der Waals surface area contributed by atoms with Gasteiger partial charge in [-0.2, -0.15) is 0 Å². The van der Waals surface area contributed by atoms with Gasteiger partial charge < -0.3 is 9.47 Å². The molecule has 3 rings (SSSR count). The summed E-state index contributed by atoms with van der Waals surface area (Å²) < 4.78 is 12.4. The number of aryl methyl sites for hydroxylation is 1.